The summed E-state index contributed by atoms with van der Waals surface area (Å²) in [6.45, 7) is 9.07. The zero-order valence-corrected chi connectivity index (χ0v) is 12.2. The van der Waals surface area contributed by atoms with Crippen molar-refractivity contribution in [1.29, 1.82) is 0 Å². The molecule has 4 nitrogen and oxygen atoms in total. The molecule has 1 aromatic carbocycles. The summed E-state index contributed by atoms with van der Waals surface area (Å²) in [4.78, 5) is 13.9. The molecular formula is C15H25N3O. The van der Waals surface area contributed by atoms with Crippen LogP contribution < -0.4 is 15.5 Å². The lowest BCUT2D eigenvalue weighted by molar-refractivity contribution is 0.252. The molecule has 0 spiro atoms. The molecule has 0 radical (unpaired) electrons. The van der Waals surface area contributed by atoms with Gasteiger partial charge in [-0.05, 0) is 44.5 Å². The Kier molecular flexibility index (Phi) is 6.79. The van der Waals surface area contributed by atoms with Gasteiger partial charge in [0.2, 0.25) is 0 Å². The van der Waals surface area contributed by atoms with Crippen LogP contribution in [0, 0.1) is 0 Å². The molecule has 4 heteroatoms. The van der Waals surface area contributed by atoms with Gasteiger partial charge in [0.25, 0.3) is 0 Å². The second kappa shape index (κ2) is 8.40. The van der Waals surface area contributed by atoms with Crippen molar-refractivity contribution in [1.82, 2.24) is 5.32 Å². The van der Waals surface area contributed by atoms with Crippen LogP contribution in [0.15, 0.2) is 24.3 Å². The third-order valence-corrected chi connectivity index (χ3v) is 3.07. The maximum atomic E-state index is 11.6. The van der Waals surface area contributed by atoms with E-state index in [9.17, 15) is 4.79 Å². The summed E-state index contributed by atoms with van der Waals surface area (Å²) < 4.78 is 0. The van der Waals surface area contributed by atoms with E-state index in [0.717, 1.165) is 38.2 Å². The van der Waals surface area contributed by atoms with E-state index in [1.807, 2.05) is 24.3 Å². The fourth-order valence-electron chi connectivity index (χ4n) is 1.90. The standard InChI is InChI=1S/C15H25N3O/c1-4-7-12-16-15(19)17-13-8-10-14(11-9-13)18(5-2)6-3/h8-11H,4-7,12H2,1-3H3,(H2,16,17,19). The van der Waals surface area contributed by atoms with Crippen molar-refractivity contribution in [2.75, 3.05) is 29.9 Å². The van der Waals surface area contributed by atoms with Gasteiger partial charge in [0.1, 0.15) is 0 Å². The number of benzene rings is 1. The Labute approximate surface area is 116 Å². The number of hydrogen-bond acceptors (Lipinski definition) is 2. The molecular weight excluding hydrogens is 238 g/mol. The fourth-order valence-corrected chi connectivity index (χ4v) is 1.90. The topological polar surface area (TPSA) is 44.4 Å². The normalized spacial score (nSPS) is 10.1. The average Bonchev–Trinajstić information content (AvgIpc) is 2.42. The van der Waals surface area contributed by atoms with Crippen LogP contribution in [0.25, 0.3) is 0 Å². The van der Waals surface area contributed by atoms with Crippen LogP contribution in [0.4, 0.5) is 16.2 Å². The number of nitrogens with zero attached hydrogens (tertiary/aromatic N) is 1. The number of hydrogen-bond donors (Lipinski definition) is 2. The molecule has 1 aromatic rings. The smallest absolute Gasteiger partial charge is 0.319 e. The summed E-state index contributed by atoms with van der Waals surface area (Å²) in [5.74, 6) is 0. The highest BCUT2D eigenvalue weighted by atomic mass is 16.2. The first kappa shape index (κ1) is 15.3. The van der Waals surface area contributed by atoms with E-state index in [2.05, 4.69) is 36.3 Å². The Bertz CT molecular complexity index is 371. The number of carbonyl (C=O) groups is 1. The molecule has 0 aliphatic rings. The summed E-state index contributed by atoms with van der Waals surface area (Å²) >= 11 is 0. The number of urea groups is 1. The highest BCUT2D eigenvalue weighted by molar-refractivity contribution is 5.89. The molecule has 0 heterocycles. The van der Waals surface area contributed by atoms with Gasteiger partial charge in [-0.2, -0.15) is 0 Å². The van der Waals surface area contributed by atoms with Crippen molar-refractivity contribution < 1.29 is 4.79 Å². The largest absolute Gasteiger partial charge is 0.372 e. The molecule has 1 rings (SSSR count). The Hall–Kier alpha value is -1.71. The zero-order chi connectivity index (χ0) is 14.1. The van der Waals surface area contributed by atoms with Gasteiger partial charge in [-0.25, -0.2) is 4.79 Å². The first-order valence-electron chi connectivity index (χ1n) is 7.11. The van der Waals surface area contributed by atoms with E-state index >= 15 is 0 Å². The van der Waals surface area contributed by atoms with Crippen molar-refractivity contribution in [3.63, 3.8) is 0 Å². The number of unbranched alkanes of at least 4 members (excludes halogenated alkanes) is 1. The van der Waals surface area contributed by atoms with E-state index in [1.54, 1.807) is 0 Å². The Balaban J connectivity index is 2.50. The predicted octanol–water partition coefficient (Wildman–Crippen LogP) is 3.45. The Morgan fingerprint density at radius 2 is 1.74 bits per heavy atom. The van der Waals surface area contributed by atoms with Crippen molar-refractivity contribution in [3.05, 3.63) is 24.3 Å². The minimum Gasteiger partial charge on any atom is -0.372 e. The van der Waals surface area contributed by atoms with E-state index in [1.165, 1.54) is 5.69 Å². The molecule has 0 atom stereocenters. The van der Waals surface area contributed by atoms with Gasteiger partial charge in [-0.3, -0.25) is 0 Å². The first-order valence-corrected chi connectivity index (χ1v) is 7.11. The third kappa shape index (κ3) is 5.20. The van der Waals surface area contributed by atoms with Gasteiger partial charge < -0.3 is 15.5 Å². The molecule has 0 aliphatic heterocycles. The molecule has 106 valence electrons. The van der Waals surface area contributed by atoms with Crippen LogP contribution in [0.5, 0.6) is 0 Å². The van der Waals surface area contributed by atoms with Gasteiger partial charge in [-0.15, -0.1) is 0 Å². The molecule has 0 aromatic heterocycles. The molecule has 0 saturated heterocycles. The molecule has 2 N–H and O–H groups in total. The predicted molar refractivity (Wildman–Crippen MR) is 81.9 cm³/mol. The number of anilines is 2. The van der Waals surface area contributed by atoms with E-state index < -0.39 is 0 Å². The summed E-state index contributed by atoms with van der Waals surface area (Å²) in [5.41, 5.74) is 2.01. The number of nitrogens with one attached hydrogen (secondary N) is 2. The van der Waals surface area contributed by atoms with Crippen molar-refractivity contribution in [2.24, 2.45) is 0 Å². The summed E-state index contributed by atoms with van der Waals surface area (Å²) in [7, 11) is 0. The van der Waals surface area contributed by atoms with Gasteiger partial charge in [-0.1, -0.05) is 13.3 Å². The monoisotopic (exact) mass is 263 g/mol. The lowest BCUT2D eigenvalue weighted by atomic mass is 10.2. The molecule has 0 bridgehead atoms. The summed E-state index contributed by atoms with van der Waals surface area (Å²) in [5, 5.41) is 5.67. The van der Waals surface area contributed by atoms with Crippen LogP contribution in [0.1, 0.15) is 33.6 Å². The molecule has 2 amide bonds. The van der Waals surface area contributed by atoms with E-state index in [-0.39, 0.29) is 6.03 Å². The number of carbonyl (C=O) groups excluding carboxylic acids is 1. The second-order valence-corrected chi connectivity index (χ2v) is 4.45. The number of rotatable bonds is 7. The van der Waals surface area contributed by atoms with Crippen LogP contribution in [-0.4, -0.2) is 25.7 Å². The average molecular weight is 263 g/mol. The van der Waals surface area contributed by atoms with Crippen LogP contribution in [-0.2, 0) is 0 Å². The molecule has 0 unspecified atom stereocenters. The van der Waals surface area contributed by atoms with Crippen molar-refractivity contribution >= 4 is 17.4 Å². The molecule has 0 aliphatic carbocycles. The fraction of sp³-hybridized carbons (Fsp3) is 0.533. The maximum Gasteiger partial charge on any atom is 0.319 e. The SMILES string of the molecule is CCCCNC(=O)Nc1ccc(N(CC)CC)cc1. The summed E-state index contributed by atoms with van der Waals surface area (Å²) in [6.07, 6.45) is 2.09. The number of amides is 2. The second-order valence-electron chi connectivity index (χ2n) is 4.45. The molecule has 0 fully saturated rings. The van der Waals surface area contributed by atoms with Crippen LogP contribution in [0.2, 0.25) is 0 Å². The van der Waals surface area contributed by atoms with Gasteiger partial charge in [0, 0.05) is 31.0 Å². The van der Waals surface area contributed by atoms with Crippen LogP contribution in [0.3, 0.4) is 0 Å². The van der Waals surface area contributed by atoms with Gasteiger partial charge in [0.15, 0.2) is 0 Å². The van der Waals surface area contributed by atoms with Crippen molar-refractivity contribution in [3.8, 4) is 0 Å². The van der Waals surface area contributed by atoms with E-state index in [0.29, 0.717) is 0 Å². The summed E-state index contributed by atoms with van der Waals surface area (Å²) in [6, 6.07) is 7.81. The maximum absolute atomic E-state index is 11.6. The first-order chi connectivity index (χ1) is 9.21. The highest BCUT2D eigenvalue weighted by Gasteiger charge is 2.03. The highest BCUT2D eigenvalue weighted by Crippen LogP contribution is 2.17. The molecule has 19 heavy (non-hydrogen) atoms. The van der Waals surface area contributed by atoms with Crippen molar-refractivity contribution in [2.45, 2.75) is 33.6 Å². The third-order valence-electron chi connectivity index (χ3n) is 3.07. The minimum absolute atomic E-state index is 0.135. The quantitative estimate of drug-likeness (QED) is 0.740. The zero-order valence-electron chi connectivity index (χ0n) is 12.2. The Morgan fingerprint density at radius 1 is 1.11 bits per heavy atom. The minimum atomic E-state index is -0.135. The van der Waals surface area contributed by atoms with Gasteiger partial charge >= 0.3 is 6.03 Å². The van der Waals surface area contributed by atoms with Gasteiger partial charge in [0.05, 0.1) is 0 Å². The lowest BCUT2D eigenvalue weighted by Crippen LogP contribution is -2.29. The van der Waals surface area contributed by atoms with E-state index in [4.69, 9.17) is 0 Å². The molecule has 0 saturated carbocycles. The van der Waals surface area contributed by atoms with Crippen LogP contribution >= 0.6 is 0 Å². The lowest BCUT2D eigenvalue weighted by Gasteiger charge is -2.21. The Morgan fingerprint density at radius 3 is 2.26 bits per heavy atom.